The number of rotatable bonds is 12. The predicted octanol–water partition coefficient (Wildman–Crippen LogP) is 6.28. The van der Waals surface area contributed by atoms with E-state index in [2.05, 4.69) is 31.9 Å². The minimum Gasteiger partial charge on any atom is -0.469 e. The van der Waals surface area contributed by atoms with Crippen LogP contribution in [0.15, 0.2) is 0 Å². The fourth-order valence-corrected chi connectivity index (χ4v) is 3.17. The van der Waals surface area contributed by atoms with Crippen LogP contribution in [0.3, 0.4) is 0 Å². The van der Waals surface area contributed by atoms with Crippen LogP contribution in [0.5, 0.6) is 0 Å². The van der Waals surface area contributed by atoms with Gasteiger partial charge in [-0.3, -0.25) is 9.59 Å². The smallest absolute Gasteiger partial charge is 0.311 e. The third-order valence-electron chi connectivity index (χ3n) is 4.58. The topological polar surface area (TPSA) is 52.6 Å². The Morgan fingerprint density at radius 1 is 0.846 bits per heavy atom. The molecule has 0 heterocycles. The van der Waals surface area contributed by atoms with Gasteiger partial charge in [0.15, 0.2) is 0 Å². The van der Waals surface area contributed by atoms with E-state index in [0.717, 1.165) is 55.6 Å². The van der Waals surface area contributed by atoms with Crippen molar-refractivity contribution < 1.29 is 19.1 Å². The lowest BCUT2D eigenvalue weighted by Crippen LogP contribution is -2.29. The average molecular weight is 502 g/mol. The number of esters is 2. The van der Waals surface area contributed by atoms with Gasteiger partial charge in [0, 0.05) is 10.7 Å². The summed E-state index contributed by atoms with van der Waals surface area (Å²) in [6.07, 6.45) is 7.05. The Morgan fingerprint density at radius 3 is 1.73 bits per heavy atom. The maximum Gasteiger partial charge on any atom is 0.311 e. The zero-order valence-corrected chi connectivity index (χ0v) is 20.6. The summed E-state index contributed by atoms with van der Waals surface area (Å²) in [6.45, 7) is 10.2. The fourth-order valence-electron chi connectivity index (χ4n) is 2.38. The molecule has 0 N–H and O–H groups in total. The molecule has 0 fully saturated rings. The number of ether oxygens (including phenoxy) is 2. The maximum atomic E-state index is 11.7. The minimum atomic E-state index is -0.322. The van der Waals surface area contributed by atoms with Crippen molar-refractivity contribution in [2.24, 2.45) is 10.8 Å². The molecule has 0 radical (unpaired) electrons. The molecule has 6 heteroatoms. The normalized spacial score (nSPS) is 13.2. The summed E-state index contributed by atoms with van der Waals surface area (Å²) in [7, 11) is 1.44. The van der Waals surface area contributed by atoms with Crippen LogP contribution in [0.1, 0.15) is 79.6 Å². The van der Waals surface area contributed by atoms with Crippen LogP contribution in [0.2, 0.25) is 0 Å². The van der Waals surface area contributed by atoms with Crippen molar-refractivity contribution in [3.63, 3.8) is 0 Å². The molecule has 0 spiro atoms. The van der Waals surface area contributed by atoms with Gasteiger partial charge in [-0.05, 0) is 59.8 Å². The summed E-state index contributed by atoms with van der Waals surface area (Å²) in [5.74, 6) is -0.158. The highest BCUT2D eigenvalue weighted by Crippen LogP contribution is 2.29. The number of methoxy groups -OCH3 is 1. The van der Waals surface area contributed by atoms with Gasteiger partial charge in [0.1, 0.15) is 0 Å². The van der Waals surface area contributed by atoms with E-state index in [1.807, 2.05) is 34.6 Å². The standard InChI is InChI=1S/C11H21BrO2.C9H17BrO2/c1-4-11(3,8-6-7-9-12)10(13)14-5-2;1-9(2,8(11)12-3)6-4-5-7-10/h4-9H2,1-3H3;4-7H2,1-3H3. The molecule has 4 nitrogen and oxygen atoms in total. The summed E-state index contributed by atoms with van der Waals surface area (Å²) >= 11 is 6.75. The second-order valence-corrected chi connectivity index (χ2v) is 8.89. The zero-order chi connectivity index (χ0) is 20.6. The molecule has 0 saturated carbocycles. The Hall–Kier alpha value is -0.100. The van der Waals surface area contributed by atoms with E-state index < -0.39 is 0 Å². The lowest BCUT2D eigenvalue weighted by Gasteiger charge is -2.25. The molecule has 156 valence electrons. The van der Waals surface area contributed by atoms with E-state index in [-0.39, 0.29) is 22.8 Å². The first-order valence-electron chi connectivity index (χ1n) is 9.52. The second kappa shape index (κ2) is 15.9. The number of hydrogen-bond donors (Lipinski definition) is 0. The average Bonchev–Trinajstić information content (AvgIpc) is 2.61. The first-order chi connectivity index (χ1) is 12.1. The zero-order valence-electron chi connectivity index (χ0n) is 17.5. The van der Waals surface area contributed by atoms with Gasteiger partial charge in [0.05, 0.1) is 24.5 Å². The molecule has 0 aliphatic rings. The van der Waals surface area contributed by atoms with Crippen molar-refractivity contribution in [3.05, 3.63) is 0 Å². The summed E-state index contributed by atoms with van der Waals surface area (Å²) in [4.78, 5) is 22.9. The number of alkyl halides is 2. The number of halogens is 2. The molecular weight excluding hydrogens is 464 g/mol. The van der Waals surface area contributed by atoms with Gasteiger partial charge in [0.25, 0.3) is 0 Å². The van der Waals surface area contributed by atoms with Crippen LogP contribution in [-0.2, 0) is 19.1 Å². The third kappa shape index (κ3) is 12.3. The third-order valence-corrected chi connectivity index (χ3v) is 5.71. The Balaban J connectivity index is 0. The number of unbranched alkanes of at least 4 members (excludes halogenated alkanes) is 2. The first kappa shape index (κ1) is 28.1. The van der Waals surface area contributed by atoms with E-state index >= 15 is 0 Å². The number of hydrogen-bond acceptors (Lipinski definition) is 4. The van der Waals surface area contributed by atoms with Gasteiger partial charge in [0.2, 0.25) is 0 Å². The fraction of sp³-hybridized carbons (Fsp3) is 0.900. The van der Waals surface area contributed by atoms with Crippen molar-refractivity contribution in [1.82, 2.24) is 0 Å². The largest absolute Gasteiger partial charge is 0.469 e. The predicted molar refractivity (Wildman–Crippen MR) is 116 cm³/mol. The Morgan fingerprint density at radius 2 is 1.35 bits per heavy atom. The van der Waals surface area contributed by atoms with Gasteiger partial charge in [-0.15, -0.1) is 0 Å². The lowest BCUT2D eigenvalue weighted by molar-refractivity contribution is -0.155. The highest BCUT2D eigenvalue weighted by molar-refractivity contribution is 9.09. The minimum absolute atomic E-state index is 0.0444. The van der Waals surface area contributed by atoms with Crippen molar-refractivity contribution in [2.75, 3.05) is 24.4 Å². The van der Waals surface area contributed by atoms with Crippen molar-refractivity contribution >= 4 is 43.8 Å². The second-order valence-electron chi connectivity index (χ2n) is 7.30. The summed E-state index contributed by atoms with van der Waals surface area (Å²) in [5, 5.41) is 2.01. The molecule has 0 aromatic carbocycles. The molecule has 0 saturated heterocycles. The van der Waals surface area contributed by atoms with Crippen LogP contribution >= 0.6 is 31.9 Å². The van der Waals surface area contributed by atoms with Gasteiger partial charge in [-0.25, -0.2) is 0 Å². The van der Waals surface area contributed by atoms with Gasteiger partial charge in [-0.2, -0.15) is 0 Å². The van der Waals surface area contributed by atoms with Gasteiger partial charge < -0.3 is 9.47 Å². The molecule has 1 unspecified atom stereocenters. The van der Waals surface area contributed by atoms with Crippen molar-refractivity contribution in [2.45, 2.75) is 79.6 Å². The van der Waals surface area contributed by atoms with Crippen molar-refractivity contribution in [3.8, 4) is 0 Å². The molecular formula is C20H38Br2O4. The Bertz CT molecular complexity index is 386. The number of carbonyl (C=O) groups is 2. The van der Waals surface area contributed by atoms with Crippen LogP contribution in [0.4, 0.5) is 0 Å². The molecule has 0 bridgehead atoms. The van der Waals surface area contributed by atoms with Gasteiger partial charge >= 0.3 is 11.9 Å². The molecule has 0 aliphatic carbocycles. The van der Waals surface area contributed by atoms with Crippen LogP contribution in [-0.4, -0.2) is 36.3 Å². The van der Waals surface area contributed by atoms with E-state index in [9.17, 15) is 9.59 Å². The summed E-state index contributed by atoms with van der Waals surface area (Å²) < 4.78 is 9.77. The van der Waals surface area contributed by atoms with Crippen LogP contribution in [0, 0.1) is 10.8 Å². The van der Waals surface area contributed by atoms with Crippen LogP contribution in [0.25, 0.3) is 0 Å². The van der Waals surface area contributed by atoms with Crippen LogP contribution < -0.4 is 0 Å². The van der Waals surface area contributed by atoms with E-state index in [4.69, 9.17) is 9.47 Å². The SMILES string of the molecule is CCOC(=O)C(C)(CC)CCCCBr.COC(=O)C(C)(C)CCCCBr. The maximum absolute atomic E-state index is 11.7. The number of carbonyl (C=O) groups excluding carboxylic acids is 2. The van der Waals surface area contributed by atoms with E-state index in [1.165, 1.54) is 7.11 Å². The van der Waals surface area contributed by atoms with E-state index in [1.54, 1.807) is 0 Å². The Kier molecular flexibility index (Phi) is 17.2. The highest BCUT2D eigenvalue weighted by atomic mass is 79.9. The highest BCUT2D eigenvalue weighted by Gasteiger charge is 2.31. The molecule has 0 amide bonds. The summed E-state index contributed by atoms with van der Waals surface area (Å²) in [6, 6.07) is 0. The lowest BCUT2D eigenvalue weighted by atomic mass is 9.82. The van der Waals surface area contributed by atoms with E-state index in [0.29, 0.717) is 6.61 Å². The quantitative estimate of drug-likeness (QED) is 0.179. The summed E-state index contributed by atoms with van der Waals surface area (Å²) in [5.41, 5.74) is -0.602. The molecule has 26 heavy (non-hydrogen) atoms. The molecule has 0 aromatic rings. The first-order valence-corrected chi connectivity index (χ1v) is 11.8. The Labute approximate surface area is 177 Å². The molecule has 0 aromatic heterocycles. The van der Waals surface area contributed by atoms with Crippen molar-refractivity contribution in [1.29, 1.82) is 0 Å². The monoisotopic (exact) mass is 500 g/mol. The molecule has 1 atom stereocenters. The van der Waals surface area contributed by atoms with Gasteiger partial charge in [-0.1, -0.05) is 51.6 Å². The molecule has 0 aliphatic heterocycles. The molecule has 0 rings (SSSR count).